The Morgan fingerprint density at radius 2 is 2.18 bits per heavy atom. The maximum absolute atomic E-state index is 11.0. The first-order chi connectivity index (χ1) is 5.01. The van der Waals surface area contributed by atoms with Crippen molar-refractivity contribution in [3.63, 3.8) is 0 Å². The van der Waals surface area contributed by atoms with Gasteiger partial charge in [-0.25, -0.2) is 13.1 Å². The SMILES string of the molecule is CC(C)C1=CCNS(=O)(=O)C1. The van der Waals surface area contributed by atoms with Crippen molar-refractivity contribution in [3.8, 4) is 0 Å². The highest BCUT2D eigenvalue weighted by molar-refractivity contribution is 7.89. The molecule has 3 nitrogen and oxygen atoms in total. The van der Waals surface area contributed by atoms with Gasteiger partial charge in [-0.3, -0.25) is 0 Å². The second-order valence-corrected chi connectivity index (χ2v) is 4.85. The van der Waals surface area contributed by atoms with Crippen LogP contribution < -0.4 is 4.72 Å². The second-order valence-electron chi connectivity index (χ2n) is 3.04. The van der Waals surface area contributed by atoms with E-state index in [0.29, 0.717) is 12.5 Å². The number of hydrogen-bond acceptors (Lipinski definition) is 2. The van der Waals surface area contributed by atoms with E-state index >= 15 is 0 Å². The molecule has 11 heavy (non-hydrogen) atoms. The van der Waals surface area contributed by atoms with Gasteiger partial charge in [0.25, 0.3) is 0 Å². The lowest BCUT2D eigenvalue weighted by molar-refractivity contribution is 0.580. The molecule has 0 bridgehead atoms. The maximum atomic E-state index is 11.0. The molecule has 0 unspecified atom stereocenters. The summed E-state index contributed by atoms with van der Waals surface area (Å²) in [6.45, 7) is 4.47. The Morgan fingerprint density at radius 1 is 1.55 bits per heavy atom. The summed E-state index contributed by atoms with van der Waals surface area (Å²) in [6, 6.07) is 0. The number of rotatable bonds is 1. The van der Waals surface area contributed by atoms with Gasteiger partial charge < -0.3 is 0 Å². The molecule has 0 radical (unpaired) electrons. The van der Waals surface area contributed by atoms with Gasteiger partial charge in [0.2, 0.25) is 10.0 Å². The molecule has 0 spiro atoms. The maximum Gasteiger partial charge on any atom is 0.215 e. The van der Waals surface area contributed by atoms with Crippen LogP contribution in [0.3, 0.4) is 0 Å². The van der Waals surface area contributed by atoms with E-state index in [1.54, 1.807) is 0 Å². The van der Waals surface area contributed by atoms with Crippen molar-refractivity contribution in [2.45, 2.75) is 13.8 Å². The minimum absolute atomic E-state index is 0.171. The highest BCUT2D eigenvalue weighted by Gasteiger charge is 2.18. The first-order valence-corrected chi connectivity index (χ1v) is 5.33. The van der Waals surface area contributed by atoms with Crippen molar-refractivity contribution < 1.29 is 8.42 Å². The van der Waals surface area contributed by atoms with Crippen LogP contribution in [0.5, 0.6) is 0 Å². The minimum Gasteiger partial charge on any atom is -0.212 e. The molecule has 0 aromatic heterocycles. The van der Waals surface area contributed by atoms with Gasteiger partial charge in [0.1, 0.15) is 0 Å². The number of hydrogen-bond donors (Lipinski definition) is 1. The van der Waals surface area contributed by atoms with Crippen LogP contribution in [0.25, 0.3) is 0 Å². The zero-order valence-corrected chi connectivity index (χ0v) is 7.61. The molecule has 0 atom stereocenters. The zero-order chi connectivity index (χ0) is 8.48. The van der Waals surface area contributed by atoms with E-state index in [4.69, 9.17) is 0 Å². The lowest BCUT2D eigenvalue weighted by Crippen LogP contribution is -2.32. The van der Waals surface area contributed by atoms with E-state index in [1.165, 1.54) is 0 Å². The Balaban J connectivity index is 2.79. The van der Waals surface area contributed by atoms with Crippen LogP contribution in [-0.4, -0.2) is 20.7 Å². The van der Waals surface area contributed by atoms with Gasteiger partial charge in [-0.2, -0.15) is 0 Å². The van der Waals surface area contributed by atoms with E-state index < -0.39 is 10.0 Å². The summed E-state index contributed by atoms with van der Waals surface area (Å²) in [4.78, 5) is 0. The first kappa shape index (κ1) is 8.74. The Labute approximate surface area is 67.5 Å². The summed E-state index contributed by atoms with van der Waals surface area (Å²) in [5.74, 6) is 0.511. The lowest BCUT2D eigenvalue weighted by atomic mass is 10.1. The van der Waals surface area contributed by atoms with Gasteiger partial charge in [0.05, 0.1) is 5.75 Å². The molecule has 0 amide bonds. The van der Waals surface area contributed by atoms with E-state index in [-0.39, 0.29) is 5.75 Å². The molecule has 1 heterocycles. The van der Waals surface area contributed by atoms with E-state index in [9.17, 15) is 8.42 Å². The summed E-state index contributed by atoms with van der Waals surface area (Å²) >= 11 is 0. The summed E-state index contributed by atoms with van der Waals surface area (Å²) in [7, 11) is -3.00. The monoisotopic (exact) mass is 175 g/mol. The Bertz CT molecular complexity index is 264. The average molecular weight is 175 g/mol. The van der Waals surface area contributed by atoms with Gasteiger partial charge in [-0.1, -0.05) is 25.5 Å². The van der Waals surface area contributed by atoms with Gasteiger partial charge in [0, 0.05) is 6.54 Å². The van der Waals surface area contributed by atoms with Gasteiger partial charge in [0.15, 0.2) is 0 Å². The number of nitrogens with one attached hydrogen (secondary N) is 1. The molecule has 0 saturated carbocycles. The highest BCUT2D eigenvalue weighted by Crippen LogP contribution is 2.13. The van der Waals surface area contributed by atoms with Crippen molar-refractivity contribution in [1.82, 2.24) is 4.72 Å². The van der Waals surface area contributed by atoms with Gasteiger partial charge in [-0.05, 0) is 5.92 Å². The van der Waals surface area contributed by atoms with E-state index in [0.717, 1.165) is 5.57 Å². The molecule has 0 saturated heterocycles. The van der Waals surface area contributed by atoms with Crippen molar-refractivity contribution in [1.29, 1.82) is 0 Å². The first-order valence-electron chi connectivity index (χ1n) is 3.67. The van der Waals surface area contributed by atoms with Crippen LogP contribution in [-0.2, 0) is 10.0 Å². The second kappa shape index (κ2) is 2.95. The van der Waals surface area contributed by atoms with Crippen LogP contribution in [0.4, 0.5) is 0 Å². The van der Waals surface area contributed by atoms with Crippen molar-refractivity contribution in [2.75, 3.05) is 12.3 Å². The lowest BCUT2D eigenvalue weighted by Gasteiger charge is -2.16. The van der Waals surface area contributed by atoms with Gasteiger partial charge in [-0.15, -0.1) is 0 Å². The summed E-state index contributed by atoms with van der Waals surface area (Å²) < 4.78 is 24.5. The Hall–Kier alpha value is -0.350. The third kappa shape index (κ3) is 2.31. The van der Waals surface area contributed by atoms with Crippen LogP contribution in [0, 0.1) is 5.92 Å². The summed E-state index contributed by atoms with van der Waals surface area (Å²) in [5.41, 5.74) is 1.02. The average Bonchev–Trinajstić information content (AvgIpc) is 1.85. The van der Waals surface area contributed by atoms with E-state index in [2.05, 4.69) is 4.72 Å². The standard InChI is InChI=1S/C7H13NO2S/c1-6(2)7-3-4-8-11(9,10)5-7/h3,6,8H,4-5H2,1-2H3. The Morgan fingerprint density at radius 3 is 2.55 bits per heavy atom. The predicted octanol–water partition coefficient (Wildman–Crippen LogP) is 0.502. The van der Waals surface area contributed by atoms with Crippen LogP contribution in [0.1, 0.15) is 13.8 Å². The molecule has 1 N–H and O–H groups in total. The molecular formula is C7H13NO2S. The van der Waals surface area contributed by atoms with Crippen molar-refractivity contribution in [2.24, 2.45) is 5.92 Å². The molecular weight excluding hydrogens is 162 g/mol. The molecule has 0 fully saturated rings. The van der Waals surface area contributed by atoms with Crippen LogP contribution in [0.2, 0.25) is 0 Å². The Kier molecular flexibility index (Phi) is 2.34. The largest absolute Gasteiger partial charge is 0.215 e. The molecule has 1 aliphatic rings. The molecule has 64 valence electrons. The summed E-state index contributed by atoms with van der Waals surface area (Å²) in [5, 5.41) is 0. The third-order valence-corrected chi connectivity index (χ3v) is 3.09. The molecule has 0 aromatic rings. The smallest absolute Gasteiger partial charge is 0.212 e. The fourth-order valence-corrected chi connectivity index (χ4v) is 2.36. The molecule has 1 aliphatic heterocycles. The molecule has 4 heteroatoms. The summed E-state index contributed by atoms with van der Waals surface area (Å²) in [6.07, 6.45) is 1.95. The normalized spacial score (nSPS) is 23.4. The fraction of sp³-hybridized carbons (Fsp3) is 0.714. The predicted molar refractivity (Wildman–Crippen MR) is 44.7 cm³/mol. The molecule has 0 aromatic carbocycles. The zero-order valence-electron chi connectivity index (χ0n) is 6.79. The van der Waals surface area contributed by atoms with Crippen molar-refractivity contribution >= 4 is 10.0 Å². The number of sulfonamides is 1. The van der Waals surface area contributed by atoms with Crippen molar-refractivity contribution in [3.05, 3.63) is 11.6 Å². The fourth-order valence-electron chi connectivity index (χ4n) is 1.03. The minimum atomic E-state index is -3.00. The quantitative estimate of drug-likeness (QED) is 0.590. The topological polar surface area (TPSA) is 46.2 Å². The molecule has 1 rings (SSSR count). The highest BCUT2D eigenvalue weighted by atomic mass is 32.2. The van der Waals surface area contributed by atoms with Gasteiger partial charge >= 0.3 is 0 Å². The molecule has 0 aliphatic carbocycles. The van der Waals surface area contributed by atoms with E-state index in [1.807, 2.05) is 19.9 Å². The van der Waals surface area contributed by atoms with Crippen LogP contribution in [0.15, 0.2) is 11.6 Å². The van der Waals surface area contributed by atoms with Crippen LogP contribution >= 0.6 is 0 Å². The third-order valence-electron chi connectivity index (χ3n) is 1.77.